The second kappa shape index (κ2) is 25.2. The molecule has 24 heteroatoms. The van der Waals surface area contributed by atoms with E-state index in [1.807, 2.05) is 67.7 Å². The molecule has 306 valence electrons. The molecule has 0 aliphatic heterocycles. The van der Waals surface area contributed by atoms with Crippen LogP contribution in [0.1, 0.15) is 11.1 Å². The summed E-state index contributed by atoms with van der Waals surface area (Å²) < 4.78 is 57.2. The van der Waals surface area contributed by atoms with Gasteiger partial charge < -0.3 is 59.8 Å². The Morgan fingerprint density at radius 1 is 0.541 bits per heavy atom. The van der Waals surface area contributed by atoms with Crippen molar-refractivity contribution in [2.24, 2.45) is 0 Å². The van der Waals surface area contributed by atoms with E-state index < -0.39 is 22.7 Å². The number of anilines is 10. The van der Waals surface area contributed by atoms with Gasteiger partial charge in [-0.15, -0.1) is 0 Å². The fourth-order valence-corrected chi connectivity index (χ4v) is 5.71. The molecule has 0 radical (unpaired) electrons. The van der Waals surface area contributed by atoms with Crippen LogP contribution in [0.15, 0.2) is 97.1 Å². The number of hydrogen-bond donors (Lipinski definition) is 8. The Morgan fingerprint density at radius 2 is 0.918 bits per heavy atom. The van der Waals surface area contributed by atoms with Gasteiger partial charge in [-0.25, -0.2) is 8.42 Å². The van der Waals surface area contributed by atoms with Gasteiger partial charge in [0.25, 0.3) is 0 Å². The quantitative estimate of drug-likeness (QED) is 0.0178. The average Bonchev–Trinajstić information content (AvgIpc) is 3.21. The van der Waals surface area contributed by atoms with Gasteiger partial charge in [-0.3, -0.25) is 0 Å². The number of hydrogen-bond acceptors (Lipinski definition) is 20. The second-order valence-electron chi connectivity index (χ2n) is 11.9. The summed E-state index contributed by atoms with van der Waals surface area (Å²) >= 11 is -5.90. The van der Waals surface area contributed by atoms with E-state index in [-0.39, 0.29) is 114 Å². The molecule has 0 spiro atoms. The summed E-state index contributed by atoms with van der Waals surface area (Å²) in [4.78, 5) is 26.5. The van der Waals surface area contributed by atoms with Crippen LogP contribution in [-0.4, -0.2) is 85.8 Å². The summed E-state index contributed by atoms with van der Waals surface area (Å²) in [7, 11) is 1.82. The predicted molar refractivity (Wildman–Crippen MR) is 225 cm³/mol. The van der Waals surface area contributed by atoms with Gasteiger partial charge in [0.1, 0.15) is 34.2 Å². The van der Waals surface area contributed by atoms with Crippen LogP contribution in [0.5, 0.6) is 11.5 Å². The SMILES string of the molecule is CNCCNc1nc(Nc2ccccc2)nc(Nc2ccc(/C=C/c3ccc(Nc4nc(NCCO)nc(Nc5ccccc5)n4)cc3OS(=O)[O-])c(OS(=O)[O-])c2)n1.[Na+].[Na+]. The molecule has 6 rings (SSSR count). The van der Waals surface area contributed by atoms with Crippen molar-refractivity contribution in [3.63, 3.8) is 0 Å². The molecule has 20 nitrogen and oxygen atoms in total. The fraction of sp³-hybridized carbons (Fsp3) is 0.135. The van der Waals surface area contributed by atoms with Crippen molar-refractivity contribution in [2.75, 3.05) is 65.2 Å². The van der Waals surface area contributed by atoms with Gasteiger partial charge in [-0.05, 0) is 55.6 Å². The third kappa shape index (κ3) is 15.9. The zero-order valence-corrected chi connectivity index (χ0v) is 38.8. The molecule has 4 aromatic carbocycles. The first kappa shape index (κ1) is 48.8. The van der Waals surface area contributed by atoms with Crippen LogP contribution in [0.25, 0.3) is 12.2 Å². The van der Waals surface area contributed by atoms with Crippen molar-refractivity contribution in [1.82, 2.24) is 35.2 Å². The van der Waals surface area contributed by atoms with Crippen LogP contribution in [-0.2, 0) is 22.7 Å². The fourth-order valence-electron chi connectivity index (χ4n) is 5.13. The second-order valence-corrected chi connectivity index (χ2v) is 13.1. The molecule has 2 heterocycles. The minimum Gasteiger partial charge on any atom is -0.740 e. The zero-order valence-electron chi connectivity index (χ0n) is 33.1. The number of likely N-dealkylation sites (N-methyl/N-ethyl adjacent to an activating group) is 1. The van der Waals surface area contributed by atoms with Crippen LogP contribution in [0, 0.1) is 0 Å². The molecule has 0 saturated carbocycles. The number of rotatable bonds is 21. The van der Waals surface area contributed by atoms with E-state index in [4.69, 9.17) is 8.37 Å². The van der Waals surface area contributed by atoms with E-state index in [1.54, 1.807) is 24.3 Å². The topological polar surface area (TPSA) is 280 Å². The Kier molecular flexibility index (Phi) is 20.2. The summed E-state index contributed by atoms with van der Waals surface area (Å²) in [6, 6.07) is 27.8. The van der Waals surface area contributed by atoms with Gasteiger partial charge in [-0.2, -0.15) is 29.9 Å². The molecular formula is C37H37N13Na2O7S2. The third-order valence-corrected chi connectivity index (χ3v) is 8.31. The van der Waals surface area contributed by atoms with Crippen molar-refractivity contribution in [1.29, 1.82) is 0 Å². The van der Waals surface area contributed by atoms with Gasteiger partial charge in [0, 0.05) is 65.6 Å². The van der Waals surface area contributed by atoms with Crippen LogP contribution in [0.2, 0.25) is 0 Å². The van der Waals surface area contributed by atoms with E-state index in [0.29, 0.717) is 41.5 Å². The summed E-state index contributed by atoms with van der Waals surface area (Å²) in [6.45, 7) is 1.21. The van der Waals surface area contributed by atoms with E-state index in [2.05, 4.69) is 67.1 Å². The maximum absolute atomic E-state index is 11.8. The molecule has 0 aliphatic carbocycles. The standard InChI is InChI=1S/C37H39N13O7S2.2Na/c1-38-18-19-39-32-45-34(41-26-8-4-2-5-9-26)49-36(46-32)43-28-16-14-24(30(22-28)56-58(52)53)12-13-25-15-17-29(23-31(25)57-59(54)55)44-37-48-33(40-20-21-51)47-35(50-37)42-27-10-6-3-7-11-27;;/h2-17,22-23,38,51H,18-21H2,1H3,(H,52,53)(H,54,55)(H3,39,41,43,45,46,49)(H3,40,42,44,47,48,50);;/q;2*+1/p-2/b13-12+;;. The Morgan fingerprint density at radius 3 is 1.30 bits per heavy atom. The van der Waals surface area contributed by atoms with Gasteiger partial charge in [0.15, 0.2) is 0 Å². The van der Waals surface area contributed by atoms with Crippen LogP contribution in [0.4, 0.5) is 58.4 Å². The Balaban J connectivity index is 0.00000410. The number of aromatic nitrogens is 6. The first-order chi connectivity index (χ1) is 28.7. The first-order valence-corrected chi connectivity index (χ1v) is 19.7. The summed E-state index contributed by atoms with van der Waals surface area (Å²) in [5, 5.41) is 30.7. The average molecular weight is 886 g/mol. The number of nitrogens with one attached hydrogen (secondary N) is 7. The van der Waals surface area contributed by atoms with Crippen molar-refractivity contribution in [3.8, 4) is 11.5 Å². The Bertz CT molecular complexity index is 2410. The Hall–Kier alpha value is -4.82. The van der Waals surface area contributed by atoms with Crippen LogP contribution < -0.4 is 105 Å². The predicted octanol–water partition coefficient (Wildman–Crippen LogP) is -1.41. The van der Waals surface area contributed by atoms with Crippen LogP contribution in [0.3, 0.4) is 0 Å². The molecule has 2 unspecified atom stereocenters. The number of aliphatic hydroxyl groups is 1. The largest absolute Gasteiger partial charge is 1.00 e. The van der Waals surface area contributed by atoms with Crippen molar-refractivity contribution < 1.29 is 90.1 Å². The van der Waals surface area contributed by atoms with Crippen molar-refractivity contribution in [2.45, 2.75) is 0 Å². The summed E-state index contributed by atoms with van der Waals surface area (Å²) in [5.74, 6) is 1.04. The summed E-state index contributed by atoms with van der Waals surface area (Å²) in [5.41, 5.74) is 2.85. The number of benzene rings is 4. The van der Waals surface area contributed by atoms with E-state index in [1.165, 1.54) is 24.3 Å². The molecule has 6 aromatic rings. The van der Waals surface area contributed by atoms with E-state index >= 15 is 0 Å². The first-order valence-electron chi connectivity index (χ1n) is 17.7. The van der Waals surface area contributed by atoms with Crippen molar-refractivity contribution in [3.05, 3.63) is 108 Å². The molecule has 0 aliphatic rings. The molecule has 0 saturated heterocycles. The Labute approximate surface area is 400 Å². The smallest absolute Gasteiger partial charge is 0.740 e. The molecular weight excluding hydrogens is 849 g/mol. The zero-order chi connectivity index (χ0) is 41.4. The maximum atomic E-state index is 11.8. The molecule has 61 heavy (non-hydrogen) atoms. The molecule has 0 bridgehead atoms. The van der Waals surface area contributed by atoms with E-state index in [0.717, 1.165) is 11.4 Å². The van der Waals surface area contributed by atoms with Gasteiger partial charge >= 0.3 is 59.1 Å². The number of nitrogens with zero attached hydrogens (tertiary/aromatic N) is 6. The number of para-hydroxylation sites is 2. The van der Waals surface area contributed by atoms with Gasteiger partial charge in [0.05, 0.1) is 6.61 Å². The maximum Gasteiger partial charge on any atom is 1.00 e. The van der Waals surface area contributed by atoms with Crippen molar-refractivity contribution >= 4 is 93.3 Å². The van der Waals surface area contributed by atoms with Gasteiger partial charge in [0.2, 0.25) is 35.7 Å². The summed E-state index contributed by atoms with van der Waals surface area (Å²) in [6.07, 6.45) is 3.05. The number of aliphatic hydroxyl groups excluding tert-OH is 1. The molecule has 2 atom stereocenters. The molecule has 8 N–H and O–H groups in total. The molecule has 0 fully saturated rings. The minimum atomic E-state index is -2.96. The van der Waals surface area contributed by atoms with Gasteiger partial charge in [-0.1, -0.05) is 48.6 Å². The van der Waals surface area contributed by atoms with Crippen LogP contribution >= 0.6 is 0 Å². The monoisotopic (exact) mass is 885 g/mol. The molecule has 0 amide bonds. The third-order valence-electron chi connectivity index (χ3n) is 7.68. The normalized spacial score (nSPS) is 11.6. The molecule has 2 aromatic heterocycles. The van der Waals surface area contributed by atoms with E-state index in [9.17, 15) is 22.6 Å². The minimum absolute atomic E-state index is 0.